The SMILES string of the molecule is COc1cc(NC(=O)NCCN(C)C)cc(OC)c1. The Balaban J connectivity index is 2.58. The van der Waals surface area contributed by atoms with Crippen molar-refractivity contribution in [1.82, 2.24) is 10.2 Å². The molecule has 0 bridgehead atoms. The molecule has 0 aliphatic carbocycles. The number of methoxy groups -OCH3 is 2. The molecule has 0 radical (unpaired) electrons. The number of urea groups is 1. The Morgan fingerprint density at radius 3 is 2.21 bits per heavy atom. The Hall–Kier alpha value is -1.95. The minimum atomic E-state index is -0.253. The van der Waals surface area contributed by atoms with Crippen molar-refractivity contribution in [2.24, 2.45) is 0 Å². The van der Waals surface area contributed by atoms with Gasteiger partial charge in [-0.25, -0.2) is 4.79 Å². The Labute approximate surface area is 113 Å². The van der Waals surface area contributed by atoms with Crippen molar-refractivity contribution < 1.29 is 14.3 Å². The van der Waals surface area contributed by atoms with Crippen LogP contribution >= 0.6 is 0 Å². The number of carbonyl (C=O) groups is 1. The number of hydrogen-bond donors (Lipinski definition) is 2. The molecule has 0 heterocycles. The van der Waals surface area contributed by atoms with E-state index < -0.39 is 0 Å². The predicted octanol–water partition coefficient (Wildman–Crippen LogP) is 1.39. The van der Waals surface area contributed by atoms with Crippen molar-refractivity contribution >= 4 is 11.7 Å². The summed E-state index contributed by atoms with van der Waals surface area (Å²) in [7, 11) is 7.03. The molecule has 0 saturated heterocycles. The zero-order valence-corrected chi connectivity index (χ0v) is 11.8. The largest absolute Gasteiger partial charge is 0.497 e. The van der Waals surface area contributed by atoms with Gasteiger partial charge in [0.15, 0.2) is 0 Å². The lowest BCUT2D eigenvalue weighted by molar-refractivity contribution is 0.250. The maximum atomic E-state index is 11.7. The number of ether oxygens (including phenoxy) is 2. The standard InChI is InChI=1S/C13H21N3O3/c1-16(2)6-5-14-13(17)15-10-7-11(18-3)9-12(8-10)19-4/h7-9H,5-6H2,1-4H3,(H2,14,15,17). The number of rotatable bonds is 6. The number of carbonyl (C=O) groups excluding carboxylic acids is 1. The summed E-state index contributed by atoms with van der Waals surface area (Å²) in [6, 6.07) is 4.95. The van der Waals surface area contributed by atoms with E-state index in [0.29, 0.717) is 23.7 Å². The van der Waals surface area contributed by atoms with Gasteiger partial charge >= 0.3 is 6.03 Å². The lowest BCUT2D eigenvalue weighted by Crippen LogP contribution is -2.34. The third-order valence-corrected chi connectivity index (χ3v) is 2.45. The molecule has 2 amide bonds. The quantitative estimate of drug-likeness (QED) is 0.817. The van der Waals surface area contributed by atoms with Gasteiger partial charge in [0.2, 0.25) is 0 Å². The molecule has 106 valence electrons. The van der Waals surface area contributed by atoms with Crippen LogP contribution in [0.25, 0.3) is 0 Å². The lowest BCUT2D eigenvalue weighted by Gasteiger charge is -2.12. The second-order valence-electron chi connectivity index (χ2n) is 4.29. The van der Waals surface area contributed by atoms with Crippen LogP contribution in [0, 0.1) is 0 Å². The summed E-state index contributed by atoms with van der Waals surface area (Å²) >= 11 is 0. The molecule has 0 aliphatic rings. The summed E-state index contributed by atoms with van der Waals surface area (Å²) in [5.41, 5.74) is 0.624. The van der Waals surface area contributed by atoms with Crippen molar-refractivity contribution in [2.75, 3.05) is 46.7 Å². The van der Waals surface area contributed by atoms with Gasteiger partial charge in [-0.2, -0.15) is 0 Å². The molecule has 19 heavy (non-hydrogen) atoms. The van der Waals surface area contributed by atoms with Gasteiger partial charge in [-0.3, -0.25) is 0 Å². The van der Waals surface area contributed by atoms with Crippen LogP contribution in [0.4, 0.5) is 10.5 Å². The first-order valence-electron chi connectivity index (χ1n) is 5.98. The zero-order valence-electron chi connectivity index (χ0n) is 11.8. The summed E-state index contributed by atoms with van der Waals surface area (Å²) in [5, 5.41) is 5.50. The van der Waals surface area contributed by atoms with Crippen LogP contribution in [0.1, 0.15) is 0 Å². The number of amides is 2. The second-order valence-corrected chi connectivity index (χ2v) is 4.29. The van der Waals surface area contributed by atoms with Crippen molar-refractivity contribution in [3.8, 4) is 11.5 Å². The van der Waals surface area contributed by atoms with Crippen molar-refractivity contribution in [3.05, 3.63) is 18.2 Å². The lowest BCUT2D eigenvalue weighted by atomic mass is 10.3. The fourth-order valence-corrected chi connectivity index (χ4v) is 1.45. The average molecular weight is 267 g/mol. The van der Waals surface area contributed by atoms with Gasteiger partial charge in [0.25, 0.3) is 0 Å². The number of benzene rings is 1. The van der Waals surface area contributed by atoms with Crippen molar-refractivity contribution in [2.45, 2.75) is 0 Å². The maximum absolute atomic E-state index is 11.7. The van der Waals surface area contributed by atoms with E-state index in [2.05, 4.69) is 10.6 Å². The molecule has 1 aromatic rings. The summed E-state index contributed by atoms with van der Waals surface area (Å²) < 4.78 is 10.3. The number of nitrogens with one attached hydrogen (secondary N) is 2. The van der Waals surface area contributed by atoms with Gasteiger partial charge in [-0.1, -0.05) is 0 Å². The molecular formula is C13H21N3O3. The van der Waals surface area contributed by atoms with Gasteiger partial charge in [0.05, 0.1) is 14.2 Å². The minimum Gasteiger partial charge on any atom is -0.497 e. The van der Waals surface area contributed by atoms with E-state index in [4.69, 9.17) is 9.47 Å². The van der Waals surface area contributed by atoms with Crippen LogP contribution in [-0.4, -0.2) is 52.3 Å². The van der Waals surface area contributed by atoms with Crippen molar-refractivity contribution in [3.63, 3.8) is 0 Å². The van der Waals surface area contributed by atoms with Crippen LogP contribution in [0.5, 0.6) is 11.5 Å². The zero-order chi connectivity index (χ0) is 14.3. The number of likely N-dealkylation sites (N-methyl/N-ethyl adjacent to an activating group) is 1. The molecule has 1 aromatic carbocycles. The minimum absolute atomic E-state index is 0.253. The summed E-state index contributed by atoms with van der Waals surface area (Å²) in [6.07, 6.45) is 0. The Morgan fingerprint density at radius 1 is 1.16 bits per heavy atom. The first kappa shape index (κ1) is 15.1. The molecule has 0 aliphatic heterocycles. The Morgan fingerprint density at radius 2 is 1.74 bits per heavy atom. The third-order valence-electron chi connectivity index (χ3n) is 2.45. The van der Waals surface area contributed by atoms with Crippen LogP contribution in [0.15, 0.2) is 18.2 Å². The molecule has 0 saturated carbocycles. The van der Waals surface area contributed by atoms with E-state index in [0.717, 1.165) is 6.54 Å². The van der Waals surface area contributed by atoms with Gasteiger partial charge < -0.3 is 25.0 Å². The fourth-order valence-electron chi connectivity index (χ4n) is 1.45. The van der Waals surface area contributed by atoms with E-state index in [1.54, 1.807) is 32.4 Å². The van der Waals surface area contributed by atoms with Gasteiger partial charge in [0.1, 0.15) is 11.5 Å². The third kappa shape index (κ3) is 5.48. The number of nitrogens with zero attached hydrogens (tertiary/aromatic N) is 1. The van der Waals surface area contributed by atoms with Crippen molar-refractivity contribution in [1.29, 1.82) is 0 Å². The fraction of sp³-hybridized carbons (Fsp3) is 0.462. The highest BCUT2D eigenvalue weighted by Crippen LogP contribution is 2.25. The second kappa shape index (κ2) is 7.48. The van der Waals surface area contributed by atoms with Gasteiger partial charge in [-0.15, -0.1) is 0 Å². The Kier molecular flexibility index (Phi) is 5.95. The van der Waals surface area contributed by atoms with E-state index in [1.807, 2.05) is 19.0 Å². The molecule has 0 fully saturated rings. The van der Waals surface area contributed by atoms with Crippen LogP contribution < -0.4 is 20.1 Å². The topological polar surface area (TPSA) is 62.8 Å². The summed E-state index contributed by atoms with van der Waals surface area (Å²) in [6.45, 7) is 1.37. The van der Waals surface area contributed by atoms with Crippen LogP contribution in [-0.2, 0) is 0 Å². The molecule has 2 N–H and O–H groups in total. The first-order chi connectivity index (χ1) is 9.05. The molecule has 1 rings (SSSR count). The van der Waals surface area contributed by atoms with Crippen LogP contribution in [0.3, 0.4) is 0 Å². The monoisotopic (exact) mass is 267 g/mol. The number of anilines is 1. The maximum Gasteiger partial charge on any atom is 0.319 e. The van der Waals surface area contributed by atoms with Gasteiger partial charge in [-0.05, 0) is 14.1 Å². The average Bonchev–Trinajstić information content (AvgIpc) is 2.37. The van der Waals surface area contributed by atoms with E-state index in [9.17, 15) is 4.79 Å². The smallest absolute Gasteiger partial charge is 0.319 e. The molecule has 0 unspecified atom stereocenters. The molecule has 0 atom stereocenters. The molecule has 0 aromatic heterocycles. The highest BCUT2D eigenvalue weighted by atomic mass is 16.5. The first-order valence-corrected chi connectivity index (χ1v) is 5.98. The highest BCUT2D eigenvalue weighted by molar-refractivity contribution is 5.89. The van der Waals surface area contributed by atoms with Gasteiger partial charge in [0, 0.05) is 37.0 Å². The predicted molar refractivity (Wildman–Crippen MR) is 75.1 cm³/mol. The number of hydrogen-bond acceptors (Lipinski definition) is 4. The van der Waals surface area contributed by atoms with E-state index in [-0.39, 0.29) is 6.03 Å². The highest BCUT2D eigenvalue weighted by Gasteiger charge is 2.05. The Bertz CT molecular complexity index is 399. The normalized spacial score (nSPS) is 10.2. The molecule has 6 nitrogen and oxygen atoms in total. The molecule has 6 heteroatoms. The van der Waals surface area contributed by atoms with Crippen LogP contribution in [0.2, 0.25) is 0 Å². The molecular weight excluding hydrogens is 246 g/mol. The summed E-state index contributed by atoms with van der Waals surface area (Å²) in [4.78, 5) is 13.7. The summed E-state index contributed by atoms with van der Waals surface area (Å²) in [5.74, 6) is 1.26. The molecule has 0 spiro atoms. The van der Waals surface area contributed by atoms with E-state index in [1.165, 1.54) is 0 Å². The van der Waals surface area contributed by atoms with E-state index >= 15 is 0 Å².